The molecule has 2 amide bonds. The number of carbonyl (C=O) groups excluding carboxylic acids is 2. The Hall–Kier alpha value is -1.04. The van der Waals surface area contributed by atoms with Crippen molar-refractivity contribution in [3.63, 3.8) is 0 Å². The molecular weight excluding hydrogens is 453 g/mol. The monoisotopic (exact) mass is 478 g/mol. The van der Waals surface area contributed by atoms with Gasteiger partial charge in [-0.05, 0) is 37.5 Å². The molecule has 156 valence electrons. The van der Waals surface area contributed by atoms with Crippen molar-refractivity contribution >= 4 is 66.9 Å². The number of aliphatic hydroxyl groups is 1. The number of unbranched alkanes of at least 4 members (excludes halogenated alkanes) is 1. The van der Waals surface area contributed by atoms with Crippen LogP contribution in [-0.2, 0) is 53.8 Å². The fourth-order valence-corrected chi connectivity index (χ4v) is 4.71. The molecular formula is C18H26N2O3S5. The van der Waals surface area contributed by atoms with Gasteiger partial charge in [-0.3, -0.25) is 9.59 Å². The minimum Gasteiger partial charge on any atom is -0.394 e. The molecule has 0 aliphatic rings. The Kier molecular flexibility index (Phi) is 16.2. The standard InChI is InChI=1S/C18H26N2O3.S5/c1-14(13-21)19-18(23)16-10-7-9-15(12-16)8-5-4-6-11-17(22)20(2)3;1-3-5-4-2/h5,7-10,12,14,21H,4,6,11,13H2,1-3H3,(H,19,23);/b8-5-;. The SMILES string of the molecule is CC(CO)NC(=O)c1cccc(/C=C\CCCC(=O)N(C)C)c1.S=S=S=S=S. The van der Waals surface area contributed by atoms with Gasteiger partial charge in [0.15, 0.2) is 0 Å². The zero-order valence-corrected chi connectivity index (χ0v) is 20.2. The number of hydrogen-bond acceptors (Lipinski definition) is 5. The lowest BCUT2D eigenvalue weighted by molar-refractivity contribution is -0.128. The van der Waals surface area contributed by atoms with E-state index in [0.717, 1.165) is 18.4 Å². The van der Waals surface area contributed by atoms with Gasteiger partial charge < -0.3 is 15.3 Å². The molecule has 0 saturated heterocycles. The number of allylic oxidation sites excluding steroid dienone is 1. The molecule has 0 aliphatic heterocycles. The zero-order chi connectivity index (χ0) is 21.4. The molecule has 0 spiro atoms. The first kappa shape index (κ1) is 27.0. The Bertz CT molecular complexity index is 769. The summed E-state index contributed by atoms with van der Waals surface area (Å²) in [5, 5.41) is 11.7. The number of aliphatic hydroxyl groups excluding tert-OH is 1. The van der Waals surface area contributed by atoms with Gasteiger partial charge >= 0.3 is 0 Å². The maximum Gasteiger partial charge on any atom is 0.251 e. The molecule has 1 aromatic carbocycles. The zero-order valence-electron chi connectivity index (χ0n) is 16.1. The second-order valence-electron chi connectivity index (χ2n) is 5.97. The summed E-state index contributed by atoms with van der Waals surface area (Å²) in [6.07, 6.45) is 6.13. The van der Waals surface area contributed by atoms with E-state index in [2.05, 4.69) is 27.7 Å². The van der Waals surface area contributed by atoms with E-state index >= 15 is 0 Å². The number of benzene rings is 1. The van der Waals surface area contributed by atoms with Gasteiger partial charge in [-0.15, -0.1) is 0 Å². The predicted octanol–water partition coefficient (Wildman–Crippen LogP) is 2.06. The van der Waals surface area contributed by atoms with Gasteiger partial charge in [-0.1, -0.05) is 24.3 Å². The van der Waals surface area contributed by atoms with Gasteiger partial charge in [-0.25, -0.2) is 0 Å². The molecule has 0 bridgehead atoms. The highest BCUT2D eigenvalue weighted by atomic mass is 33.3. The predicted molar refractivity (Wildman–Crippen MR) is 129 cm³/mol. The van der Waals surface area contributed by atoms with Crippen LogP contribution in [0.3, 0.4) is 0 Å². The summed E-state index contributed by atoms with van der Waals surface area (Å²) < 4.78 is 0. The number of carbonyl (C=O) groups is 2. The Labute approximate surface area is 185 Å². The molecule has 1 unspecified atom stereocenters. The largest absolute Gasteiger partial charge is 0.394 e. The maximum absolute atomic E-state index is 12.0. The van der Waals surface area contributed by atoms with Crippen molar-refractivity contribution in [1.82, 2.24) is 10.2 Å². The number of nitrogens with one attached hydrogen (secondary N) is 1. The van der Waals surface area contributed by atoms with E-state index in [9.17, 15) is 9.59 Å². The summed E-state index contributed by atoms with van der Waals surface area (Å²) in [6.45, 7) is 1.66. The van der Waals surface area contributed by atoms with Crippen molar-refractivity contribution in [2.24, 2.45) is 0 Å². The van der Waals surface area contributed by atoms with Crippen molar-refractivity contribution in [3.8, 4) is 0 Å². The first-order valence-corrected chi connectivity index (χ1v) is 13.8. The van der Waals surface area contributed by atoms with Gasteiger partial charge in [0.1, 0.15) is 0 Å². The van der Waals surface area contributed by atoms with Crippen LogP contribution in [0, 0.1) is 0 Å². The van der Waals surface area contributed by atoms with E-state index in [4.69, 9.17) is 5.11 Å². The third kappa shape index (κ3) is 13.2. The summed E-state index contributed by atoms with van der Waals surface area (Å²) in [4.78, 5) is 25.0. The quantitative estimate of drug-likeness (QED) is 0.560. The molecule has 0 aliphatic carbocycles. The summed E-state index contributed by atoms with van der Waals surface area (Å²) in [7, 11) is 7.46. The molecule has 1 atom stereocenters. The maximum atomic E-state index is 12.0. The second kappa shape index (κ2) is 16.9. The van der Waals surface area contributed by atoms with E-state index < -0.39 is 0 Å². The summed E-state index contributed by atoms with van der Waals surface area (Å²) in [5.41, 5.74) is 1.50. The first-order valence-electron chi connectivity index (χ1n) is 8.49. The molecule has 28 heavy (non-hydrogen) atoms. The number of hydrogen-bond donors (Lipinski definition) is 2. The topological polar surface area (TPSA) is 69.6 Å². The van der Waals surface area contributed by atoms with Crippen molar-refractivity contribution in [3.05, 3.63) is 41.5 Å². The van der Waals surface area contributed by atoms with Gasteiger partial charge in [0.25, 0.3) is 5.91 Å². The smallest absolute Gasteiger partial charge is 0.251 e. The lowest BCUT2D eigenvalue weighted by atomic mass is 10.1. The van der Waals surface area contributed by atoms with Crippen molar-refractivity contribution in [2.75, 3.05) is 20.7 Å². The van der Waals surface area contributed by atoms with Crippen LogP contribution in [0.1, 0.15) is 42.1 Å². The molecule has 0 aromatic heterocycles. The molecule has 0 radical (unpaired) electrons. The van der Waals surface area contributed by atoms with Gasteiger partial charge in [0.2, 0.25) is 5.91 Å². The fourth-order valence-electron chi connectivity index (χ4n) is 1.96. The minimum atomic E-state index is -0.268. The van der Waals surface area contributed by atoms with Crippen LogP contribution >= 0.6 is 0 Å². The Morgan fingerprint density at radius 1 is 1.29 bits per heavy atom. The van der Waals surface area contributed by atoms with Crippen LogP contribution in [0.4, 0.5) is 0 Å². The van der Waals surface area contributed by atoms with Crippen LogP contribution < -0.4 is 5.32 Å². The summed E-state index contributed by atoms with van der Waals surface area (Å²) >= 11 is 8.89. The van der Waals surface area contributed by atoms with Crippen molar-refractivity contribution in [1.29, 1.82) is 0 Å². The lowest BCUT2D eigenvalue weighted by Crippen LogP contribution is -2.34. The minimum absolute atomic E-state index is 0.0863. The fraction of sp³-hybridized carbons (Fsp3) is 0.444. The first-order chi connectivity index (χ1) is 13.3. The van der Waals surface area contributed by atoms with Crippen molar-refractivity contribution in [2.45, 2.75) is 32.2 Å². The molecule has 2 N–H and O–H groups in total. The number of nitrogens with zero attached hydrogens (tertiary/aromatic N) is 1. The van der Waals surface area contributed by atoms with Crippen LogP contribution in [0.15, 0.2) is 30.3 Å². The molecule has 0 heterocycles. The molecule has 10 heteroatoms. The van der Waals surface area contributed by atoms with E-state index in [-0.39, 0.29) is 24.5 Å². The molecule has 0 fully saturated rings. The normalized spacial score (nSPS) is 11.0. The van der Waals surface area contributed by atoms with Gasteiger partial charge in [0, 0.05) is 81.1 Å². The number of rotatable bonds is 8. The summed E-state index contributed by atoms with van der Waals surface area (Å²) in [6, 6.07) is 7.03. The third-order valence-electron chi connectivity index (χ3n) is 3.43. The van der Waals surface area contributed by atoms with Gasteiger partial charge in [0.05, 0.1) is 6.61 Å². The molecule has 1 aromatic rings. The summed E-state index contributed by atoms with van der Waals surface area (Å²) in [5.74, 6) is -0.0616. The highest BCUT2D eigenvalue weighted by Crippen LogP contribution is 2.09. The lowest BCUT2D eigenvalue weighted by Gasteiger charge is -2.10. The average Bonchev–Trinajstić information content (AvgIpc) is 2.68. The van der Waals surface area contributed by atoms with Crippen LogP contribution in [-0.4, -0.2) is 48.6 Å². The Morgan fingerprint density at radius 2 is 1.96 bits per heavy atom. The van der Waals surface area contributed by atoms with E-state index in [1.54, 1.807) is 38.1 Å². The highest BCUT2D eigenvalue weighted by molar-refractivity contribution is 8.59. The molecule has 0 saturated carbocycles. The Balaban J connectivity index is 0.00000129. The van der Waals surface area contributed by atoms with Crippen LogP contribution in [0.2, 0.25) is 0 Å². The molecule has 5 nitrogen and oxygen atoms in total. The van der Waals surface area contributed by atoms with Crippen LogP contribution in [0.5, 0.6) is 0 Å². The van der Waals surface area contributed by atoms with Crippen LogP contribution in [0.25, 0.3) is 6.08 Å². The van der Waals surface area contributed by atoms with E-state index in [0.29, 0.717) is 12.0 Å². The highest BCUT2D eigenvalue weighted by Gasteiger charge is 2.08. The van der Waals surface area contributed by atoms with Gasteiger partial charge in [-0.2, -0.15) is 0 Å². The number of amides is 2. The Morgan fingerprint density at radius 3 is 2.50 bits per heavy atom. The van der Waals surface area contributed by atoms with Crippen molar-refractivity contribution < 1.29 is 14.7 Å². The van der Waals surface area contributed by atoms with E-state index in [1.165, 1.54) is 26.6 Å². The third-order valence-corrected chi connectivity index (χ3v) is 7.87. The molecule has 1 rings (SSSR count). The average molecular weight is 479 g/mol. The van der Waals surface area contributed by atoms with E-state index in [1.807, 2.05) is 24.3 Å². The second-order valence-corrected chi connectivity index (χ2v) is 11.3.